The molecular formula is C32H31N5O5S. The monoisotopic (exact) mass is 597 g/mol. The van der Waals surface area contributed by atoms with E-state index in [1.165, 1.54) is 28.1 Å². The minimum absolute atomic E-state index is 0.128. The largest absolute Gasteiger partial charge is 0.342 e. The molecule has 2 N–H and O–H groups in total. The van der Waals surface area contributed by atoms with Gasteiger partial charge >= 0.3 is 0 Å². The molecule has 1 aromatic heterocycles. The standard InChI is InChI=1S/C32H31N5O5S/c1-4-19(2)29(40)33-24-17-36(30(41)22-15-13-21(14-16-22)20(3)38)25-10-6-7-11-26(25)37(31(24)42)18-28(39)35-32-34-23-9-5-8-12-27(23)43-32/h5-16,19,24H,4,17-18H2,1-3H3,(H,33,40)(H,34,35,39)/t19-,24+/m1/s1. The summed E-state index contributed by atoms with van der Waals surface area (Å²) in [5.74, 6) is -2.24. The maximum absolute atomic E-state index is 14.1. The van der Waals surface area contributed by atoms with Gasteiger partial charge in [-0.05, 0) is 49.7 Å². The summed E-state index contributed by atoms with van der Waals surface area (Å²) in [5.41, 5.74) is 2.27. The summed E-state index contributed by atoms with van der Waals surface area (Å²) in [6.45, 7) is 4.56. The number of amides is 4. The highest BCUT2D eigenvalue weighted by atomic mass is 32.1. The van der Waals surface area contributed by atoms with Gasteiger partial charge in [-0.2, -0.15) is 0 Å². The number of para-hydroxylation sites is 3. The molecule has 4 aromatic rings. The second kappa shape index (κ2) is 12.5. The van der Waals surface area contributed by atoms with Crippen LogP contribution in [-0.4, -0.2) is 53.5 Å². The zero-order valence-corrected chi connectivity index (χ0v) is 24.8. The van der Waals surface area contributed by atoms with Crippen LogP contribution >= 0.6 is 11.3 Å². The Morgan fingerprint density at radius 1 is 0.953 bits per heavy atom. The van der Waals surface area contributed by atoms with Crippen LogP contribution in [0.3, 0.4) is 0 Å². The molecular weight excluding hydrogens is 566 g/mol. The van der Waals surface area contributed by atoms with Crippen LogP contribution in [0.1, 0.15) is 47.9 Å². The summed E-state index contributed by atoms with van der Waals surface area (Å²) >= 11 is 1.32. The fourth-order valence-corrected chi connectivity index (χ4v) is 5.66. The van der Waals surface area contributed by atoms with Crippen LogP contribution in [0.25, 0.3) is 10.2 Å². The number of carbonyl (C=O) groups is 5. The number of anilines is 3. The molecule has 5 rings (SSSR count). The van der Waals surface area contributed by atoms with Crippen LogP contribution in [0, 0.1) is 5.92 Å². The second-order valence-electron chi connectivity index (χ2n) is 10.4. The van der Waals surface area contributed by atoms with E-state index in [0.29, 0.717) is 34.1 Å². The highest BCUT2D eigenvalue weighted by Gasteiger charge is 2.38. The molecule has 2 heterocycles. The van der Waals surface area contributed by atoms with Gasteiger partial charge in [-0.1, -0.05) is 61.6 Å². The van der Waals surface area contributed by atoms with Crippen molar-refractivity contribution in [1.29, 1.82) is 0 Å². The summed E-state index contributed by atoms with van der Waals surface area (Å²) in [7, 11) is 0. The van der Waals surface area contributed by atoms with Gasteiger partial charge in [-0.25, -0.2) is 4.98 Å². The Balaban J connectivity index is 1.50. The Morgan fingerprint density at radius 3 is 2.28 bits per heavy atom. The van der Waals surface area contributed by atoms with Crippen molar-refractivity contribution in [2.75, 3.05) is 28.2 Å². The third kappa shape index (κ3) is 6.31. The lowest BCUT2D eigenvalue weighted by atomic mass is 10.1. The molecule has 0 unspecified atom stereocenters. The van der Waals surface area contributed by atoms with E-state index in [4.69, 9.17) is 0 Å². The van der Waals surface area contributed by atoms with Crippen LogP contribution < -0.4 is 20.4 Å². The number of nitrogens with zero attached hydrogens (tertiary/aromatic N) is 3. The van der Waals surface area contributed by atoms with E-state index in [2.05, 4.69) is 15.6 Å². The Bertz CT molecular complexity index is 1680. The number of Topliss-reactive ketones (excluding diaryl/α,β-unsaturated/α-hetero) is 1. The first-order chi connectivity index (χ1) is 20.7. The van der Waals surface area contributed by atoms with Crippen LogP contribution in [0.2, 0.25) is 0 Å². The van der Waals surface area contributed by atoms with Gasteiger partial charge in [0.15, 0.2) is 10.9 Å². The first kappa shape index (κ1) is 29.6. The number of carbonyl (C=O) groups excluding carboxylic acids is 5. The van der Waals surface area contributed by atoms with Crippen molar-refractivity contribution in [2.24, 2.45) is 5.92 Å². The van der Waals surface area contributed by atoms with E-state index >= 15 is 0 Å². The molecule has 0 aliphatic carbocycles. The van der Waals surface area contributed by atoms with E-state index in [1.807, 2.05) is 31.2 Å². The SMILES string of the molecule is CC[C@@H](C)C(=O)N[C@H]1CN(C(=O)c2ccc(C(C)=O)cc2)c2ccccc2N(CC(=O)Nc2nc3ccccc3s2)C1=O. The van der Waals surface area contributed by atoms with E-state index in [1.54, 1.807) is 55.5 Å². The zero-order chi connectivity index (χ0) is 30.7. The van der Waals surface area contributed by atoms with E-state index < -0.39 is 23.8 Å². The first-order valence-electron chi connectivity index (χ1n) is 13.9. The van der Waals surface area contributed by atoms with Crippen molar-refractivity contribution in [1.82, 2.24) is 10.3 Å². The van der Waals surface area contributed by atoms with Crippen molar-refractivity contribution in [3.8, 4) is 0 Å². The molecule has 2 atom stereocenters. The summed E-state index contributed by atoms with van der Waals surface area (Å²) < 4.78 is 0.910. The smallest absolute Gasteiger partial charge is 0.258 e. The molecule has 4 amide bonds. The molecule has 1 aliphatic heterocycles. The highest BCUT2D eigenvalue weighted by Crippen LogP contribution is 2.34. The molecule has 11 heteroatoms. The van der Waals surface area contributed by atoms with Gasteiger partial charge < -0.3 is 15.5 Å². The van der Waals surface area contributed by atoms with Gasteiger partial charge in [-0.3, -0.25) is 28.9 Å². The van der Waals surface area contributed by atoms with Crippen LogP contribution in [-0.2, 0) is 14.4 Å². The Hall–Kier alpha value is -4.90. The molecule has 0 radical (unpaired) electrons. The number of thiazole rings is 1. The number of fused-ring (bicyclic) bond motifs is 2. The topological polar surface area (TPSA) is 129 Å². The third-order valence-corrected chi connectivity index (χ3v) is 8.35. The van der Waals surface area contributed by atoms with Crippen LogP contribution in [0.4, 0.5) is 16.5 Å². The number of hydrogen-bond donors (Lipinski definition) is 2. The molecule has 0 saturated heterocycles. The van der Waals surface area contributed by atoms with Crippen molar-refractivity contribution >= 4 is 67.5 Å². The average molecular weight is 598 g/mol. The lowest BCUT2D eigenvalue weighted by molar-refractivity contribution is -0.129. The van der Waals surface area contributed by atoms with Crippen molar-refractivity contribution < 1.29 is 24.0 Å². The Labute approximate surface area is 252 Å². The molecule has 0 saturated carbocycles. The van der Waals surface area contributed by atoms with E-state index in [9.17, 15) is 24.0 Å². The minimum atomic E-state index is -1.12. The molecule has 1 aliphatic rings. The molecule has 10 nitrogen and oxygen atoms in total. The van der Waals surface area contributed by atoms with Gasteiger partial charge in [0.05, 0.1) is 28.1 Å². The predicted molar refractivity (Wildman–Crippen MR) is 167 cm³/mol. The van der Waals surface area contributed by atoms with Crippen molar-refractivity contribution in [3.05, 3.63) is 83.9 Å². The summed E-state index contributed by atoms with van der Waals surface area (Å²) in [6, 6.07) is 19.5. The minimum Gasteiger partial charge on any atom is -0.342 e. The number of rotatable bonds is 8. The first-order valence-corrected chi connectivity index (χ1v) is 14.8. The molecule has 220 valence electrons. The molecule has 0 spiro atoms. The number of aromatic nitrogens is 1. The molecule has 3 aromatic carbocycles. The Morgan fingerprint density at radius 2 is 1.60 bits per heavy atom. The lowest BCUT2D eigenvalue weighted by Crippen LogP contribution is -2.54. The number of ketones is 1. The maximum atomic E-state index is 14.1. The second-order valence-corrected chi connectivity index (χ2v) is 11.4. The normalized spacial score (nSPS) is 15.4. The quantitative estimate of drug-likeness (QED) is 0.284. The summed E-state index contributed by atoms with van der Waals surface area (Å²) in [5, 5.41) is 6.00. The molecule has 0 fully saturated rings. The highest BCUT2D eigenvalue weighted by molar-refractivity contribution is 7.22. The predicted octanol–water partition coefficient (Wildman–Crippen LogP) is 4.66. The fraction of sp³-hybridized carbons (Fsp3) is 0.250. The van der Waals surface area contributed by atoms with Gasteiger partial charge in [0.1, 0.15) is 12.6 Å². The number of benzene rings is 3. The van der Waals surface area contributed by atoms with Crippen LogP contribution in [0.5, 0.6) is 0 Å². The Kier molecular flexibility index (Phi) is 8.63. The zero-order valence-electron chi connectivity index (χ0n) is 24.0. The maximum Gasteiger partial charge on any atom is 0.258 e. The van der Waals surface area contributed by atoms with Gasteiger partial charge in [0.25, 0.3) is 11.8 Å². The van der Waals surface area contributed by atoms with Crippen LogP contribution in [0.15, 0.2) is 72.8 Å². The third-order valence-electron chi connectivity index (χ3n) is 7.39. The van der Waals surface area contributed by atoms with E-state index in [0.717, 1.165) is 10.2 Å². The summed E-state index contributed by atoms with van der Waals surface area (Å²) in [4.78, 5) is 73.2. The molecule has 0 bridgehead atoms. The van der Waals surface area contributed by atoms with Gasteiger partial charge in [0, 0.05) is 17.0 Å². The average Bonchev–Trinajstić information content (AvgIpc) is 3.38. The molecule has 43 heavy (non-hydrogen) atoms. The number of nitrogens with one attached hydrogen (secondary N) is 2. The fourth-order valence-electron chi connectivity index (χ4n) is 4.78. The van der Waals surface area contributed by atoms with Gasteiger partial charge in [-0.15, -0.1) is 0 Å². The van der Waals surface area contributed by atoms with Gasteiger partial charge in [0.2, 0.25) is 11.8 Å². The van der Waals surface area contributed by atoms with Crippen molar-refractivity contribution in [3.63, 3.8) is 0 Å². The lowest BCUT2D eigenvalue weighted by Gasteiger charge is -2.26. The van der Waals surface area contributed by atoms with E-state index in [-0.39, 0.29) is 30.7 Å². The van der Waals surface area contributed by atoms with Crippen molar-refractivity contribution in [2.45, 2.75) is 33.2 Å². The summed E-state index contributed by atoms with van der Waals surface area (Å²) in [6.07, 6.45) is 0.562. The number of hydrogen-bond acceptors (Lipinski definition) is 7.